The summed E-state index contributed by atoms with van der Waals surface area (Å²) in [6.45, 7) is 0.598. The highest BCUT2D eigenvalue weighted by molar-refractivity contribution is 5.31. The fourth-order valence-electron chi connectivity index (χ4n) is 3.09. The summed E-state index contributed by atoms with van der Waals surface area (Å²) in [5.41, 5.74) is 1.77. The van der Waals surface area contributed by atoms with Crippen LogP contribution in [0.5, 0.6) is 0 Å². The SMILES string of the molecule is N#CC(F)=CC=CCC[C@H]1CC[C@H](OCc2ccc(C#N)cc2)CC1. The van der Waals surface area contributed by atoms with Gasteiger partial charge in [-0.25, -0.2) is 0 Å². The van der Waals surface area contributed by atoms with E-state index in [4.69, 9.17) is 15.3 Å². The van der Waals surface area contributed by atoms with Gasteiger partial charge in [0.1, 0.15) is 6.07 Å². The molecule has 0 atom stereocenters. The van der Waals surface area contributed by atoms with Gasteiger partial charge in [0.2, 0.25) is 0 Å². The van der Waals surface area contributed by atoms with Gasteiger partial charge in [0, 0.05) is 0 Å². The van der Waals surface area contributed by atoms with E-state index in [1.807, 2.05) is 30.3 Å². The van der Waals surface area contributed by atoms with E-state index in [1.54, 1.807) is 6.08 Å². The highest BCUT2D eigenvalue weighted by Gasteiger charge is 2.21. The number of rotatable bonds is 7. The summed E-state index contributed by atoms with van der Waals surface area (Å²) in [5.74, 6) is -0.0552. The summed E-state index contributed by atoms with van der Waals surface area (Å²) in [6.07, 6.45) is 11.5. The number of nitriles is 2. The Labute approximate surface area is 149 Å². The molecule has 1 saturated carbocycles. The fraction of sp³-hybridized carbons (Fsp3) is 0.429. The molecule has 1 aromatic carbocycles. The predicted octanol–water partition coefficient (Wildman–Crippen LogP) is 5.35. The lowest BCUT2D eigenvalue weighted by Gasteiger charge is -2.28. The molecule has 0 saturated heterocycles. The van der Waals surface area contributed by atoms with Gasteiger partial charge in [0.25, 0.3) is 0 Å². The van der Waals surface area contributed by atoms with E-state index in [0.717, 1.165) is 44.1 Å². The number of benzene rings is 1. The van der Waals surface area contributed by atoms with Gasteiger partial charge in [-0.1, -0.05) is 24.3 Å². The van der Waals surface area contributed by atoms with Crippen molar-refractivity contribution in [2.24, 2.45) is 5.92 Å². The minimum absolute atomic E-state index is 0.315. The molecule has 2 rings (SSSR count). The number of hydrogen-bond acceptors (Lipinski definition) is 3. The molecule has 0 aliphatic heterocycles. The molecule has 25 heavy (non-hydrogen) atoms. The molecule has 0 aromatic heterocycles. The van der Waals surface area contributed by atoms with Gasteiger partial charge < -0.3 is 4.74 Å². The van der Waals surface area contributed by atoms with Gasteiger partial charge in [0.05, 0.1) is 24.3 Å². The minimum atomic E-state index is -0.754. The fourth-order valence-corrected chi connectivity index (χ4v) is 3.09. The largest absolute Gasteiger partial charge is 0.374 e. The third kappa shape index (κ3) is 6.91. The van der Waals surface area contributed by atoms with Crippen molar-refractivity contribution in [3.05, 3.63) is 59.4 Å². The lowest BCUT2D eigenvalue weighted by atomic mass is 9.84. The number of hydrogen-bond donors (Lipinski definition) is 0. The van der Waals surface area contributed by atoms with Crippen LogP contribution in [-0.2, 0) is 11.3 Å². The molecule has 1 aliphatic rings. The number of halogens is 1. The smallest absolute Gasteiger partial charge is 0.199 e. The molecular weight excluding hydrogens is 315 g/mol. The first-order chi connectivity index (χ1) is 12.2. The van der Waals surface area contributed by atoms with Crippen molar-refractivity contribution in [1.82, 2.24) is 0 Å². The van der Waals surface area contributed by atoms with Crippen LogP contribution in [0.3, 0.4) is 0 Å². The Morgan fingerprint density at radius 1 is 1.16 bits per heavy atom. The molecule has 4 heteroatoms. The van der Waals surface area contributed by atoms with Gasteiger partial charge in [-0.05, 0) is 68.2 Å². The van der Waals surface area contributed by atoms with Crippen molar-refractivity contribution in [3.63, 3.8) is 0 Å². The monoisotopic (exact) mass is 338 g/mol. The van der Waals surface area contributed by atoms with Gasteiger partial charge in [0.15, 0.2) is 5.83 Å². The molecule has 130 valence electrons. The van der Waals surface area contributed by atoms with Crippen LogP contribution < -0.4 is 0 Å². The van der Waals surface area contributed by atoms with Gasteiger partial charge in [-0.15, -0.1) is 0 Å². The third-order valence-electron chi connectivity index (χ3n) is 4.59. The zero-order valence-electron chi connectivity index (χ0n) is 14.3. The maximum atomic E-state index is 12.6. The summed E-state index contributed by atoms with van der Waals surface area (Å²) in [7, 11) is 0. The molecule has 0 spiro atoms. The lowest BCUT2D eigenvalue weighted by Crippen LogP contribution is -2.21. The average Bonchev–Trinajstić information content (AvgIpc) is 2.67. The standard InChI is InChI=1S/C21H23FN2O/c22-20(15-24)5-3-1-2-4-17-10-12-21(13-11-17)25-16-19-8-6-18(14-23)7-9-19/h1,3,5-9,17,21H,2,4,10-13,16H2/t17-,21-. The Morgan fingerprint density at radius 3 is 2.52 bits per heavy atom. The summed E-state index contributed by atoms with van der Waals surface area (Å²) >= 11 is 0. The quantitative estimate of drug-likeness (QED) is 0.497. The second-order valence-electron chi connectivity index (χ2n) is 6.39. The third-order valence-corrected chi connectivity index (χ3v) is 4.59. The van der Waals surface area contributed by atoms with Crippen molar-refractivity contribution < 1.29 is 9.13 Å². The zero-order valence-corrected chi connectivity index (χ0v) is 14.3. The molecule has 0 amide bonds. The van der Waals surface area contributed by atoms with Crippen molar-refractivity contribution in [2.75, 3.05) is 0 Å². The van der Waals surface area contributed by atoms with Crippen LogP contribution in [0.2, 0.25) is 0 Å². The van der Waals surface area contributed by atoms with Crippen LogP contribution in [-0.4, -0.2) is 6.10 Å². The number of ether oxygens (including phenoxy) is 1. The van der Waals surface area contributed by atoms with Crippen LogP contribution in [0.4, 0.5) is 4.39 Å². The van der Waals surface area contributed by atoms with Crippen LogP contribution in [0, 0.1) is 28.6 Å². The molecule has 1 aromatic rings. The highest BCUT2D eigenvalue weighted by Crippen LogP contribution is 2.30. The Kier molecular flexibility index (Phi) is 7.89. The summed E-state index contributed by atoms with van der Waals surface area (Å²) in [5, 5.41) is 17.1. The Hall–Kier alpha value is -2.43. The van der Waals surface area contributed by atoms with Crippen molar-refractivity contribution in [1.29, 1.82) is 10.5 Å². The van der Waals surface area contributed by atoms with Crippen molar-refractivity contribution in [2.45, 2.75) is 51.2 Å². The summed E-state index contributed by atoms with van der Waals surface area (Å²) in [4.78, 5) is 0. The molecule has 0 unspecified atom stereocenters. The Balaban J connectivity index is 1.63. The summed E-state index contributed by atoms with van der Waals surface area (Å²) in [6, 6.07) is 11.1. The first-order valence-electron chi connectivity index (χ1n) is 8.74. The first-order valence-corrected chi connectivity index (χ1v) is 8.74. The molecule has 1 aliphatic carbocycles. The van der Waals surface area contributed by atoms with E-state index in [0.29, 0.717) is 24.2 Å². The minimum Gasteiger partial charge on any atom is -0.374 e. The van der Waals surface area contributed by atoms with E-state index < -0.39 is 5.83 Å². The number of allylic oxidation sites excluding steroid dienone is 4. The Bertz CT molecular complexity index is 671. The lowest BCUT2D eigenvalue weighted by molar-refractivity contribution is 0.00647. The van der Waals surface area contributed by atoms with E-state index in [-0.39, 0.29) is 0 Å². The second-order valence-corrected chi connectivity index (χ2v) is 6.39. The second kappa shape index (κ2) is 10.4. The maximum absolute atomic E-state index is 12.6. The van der Waals surface area contributed by atoms with E-state index in [1.165, 1.54) is 12.1 Å². The van der Waals surface area contributed by atoms with Gasteiger partial charge >= 0.3 is 0 Å². The normalized spacial score (nSPS) is 21.0. The maximum Gasteiger partial charge on any atom is 0.199 e. The van der Waals surface area contributed by atoms with Crippen molar-refractivity contribution in [3.8, 4) is 12.1 Å². The predicted molar refractivity (Wildman–Crippen MR) is 94.9 cm³/mol. The van der Waals surface area contributed by atoms with Crippen LogP contribution in [0.1, 0.15) is 49.7 Å². The van der Waals surface area contributed by atoms with E-state index in [2.05, 4.69) is 6.07 Å². The molecule has 3 nitrogen and oxygen atoms in total. The molecule has 0 bridgehead atoms. The van der Waals surface area contributed by atoms with Crippen molar-refractivity contribution >= 4 is 0 Å². The Morgan fingerprint density at radius 2 is 1.88 bits per heavy atom. The molecule has 0 radical (unpaired) electrons. The van der Waals surface area contributed by atoms with Crippen LogP contribution in [0.15, 0.2) is 48.3 Å². The van der Waals surface area contributed by atoms with E-state index >= 15 is 0 Å². The molecular formula is C21H23FN2O. The van der Waals surface area contributed by atoms with Crippen LogP contribution >= 0.6 is 0 Å². The number of nitrogens with zero attached hydrogens (tertiary/aromatic N) is 2. The van der Waals surface area contributed by atoms with Gasteiger partial charge in [-0.2, -0.15) is 14.9 Å². The molecule has 0 N–H and O–H groups in total. The summed E-state index contributed by atoms with van der Waals surface area (Å²) < 4.78 is 18.6. The van der Waals surface area contributed by atoms with Crippen LogP contribution in [0.25, 0.3) is 0 Å². The zero-order chi connectivity index (χ0) is 17.9. The molecule has 0 heterocycles. The van der Waals surface area contributed by atoms with Gasteiger partial charge in [-0.3, -0.25) is 0 Å². The average molecular weight is 338 g/mol. The molecule has 1 fully saturated rings. The highest BCUT2D eigenvalue weighted by atomic mass is 19.1. The topological polar surface area (TPSA) is 56.8 Å². The van der Waals surface area contributed by atoms with E-state index in [9.17, 15) is 4.39 Å². The first kappa shape index (κ1) is 18.9.